The Morgan fingerprint density at radius 1 is 0.511 bits per heavy atom. The van der Waals surface area contributed by atoms with E-state index in [1.54, 1.807) is 0 Å². The lowest BCUT2D eigenvalue weighted by Gasteiger charge is -2.19. The zero-order valence-electron chi connectivity index (χ0n) is 24.6. The zero-order valence-corrected chi connectivity index (χ0v) is 24.6. The van der Waals surface area contributed by atoms with Gasteiger partial charge in [0, 0.05) is 52.8 Å². The van der Waals surface area contributed by atoms with Gasteiger partial charge in [-0.05, 0) is 90.4 Å². The molecule has 0 saturated carbocycles. The highest BCUT2D eigenvalue weighted by Crippen LogP contribution is 2.34. The Labute approximate surface area is 259 Å². The van der Waals surface area contributed by atoms with Crippen LogP contribution in [0.4, 0.5) is 0 Å². The predicted octanol–water partition coefficient (Wildman–Crippen LogP) is 9.13. The average molecular weight is 581 g/mol. The molecule has 2 aliphatic heterocycles. The van der Waals surface area contributed by atoms with Crippen molar-refractivity contribution in [3.63, 3.8) is 0 Å². The lowest BCUT2D eigenvalue weighted by molar-refractivity contribution is 1.05. The molecule has 0 unspecified atom stereocenters. The first kappa shape index (κ1) is 25.7. The molecule has 0 fully saturated rings. The summed E-state index contributed by atoms with van der Waals surface area (Å²) in [5, 5.41) is 3.37. The van der Waals surface area contributed by atoms with Crippen LogP contribution in [0.2, 0.25) is 0 Å². The minimum Gasteiger partial charge on any atom is -0.308 e. The second kappa shape index (κ2) is 10.5. The third-order valence-corrected chi connectivity index (χ3v) is 9.04. The summed E-state index contributed by atoms with van der Waals surface area (Å²) in [6.07, 6.45) is 13.3. The van der Waals surface area contributed by atoms with Gasteiger partial charge in [0.15, 0.2) is 0 Å². The topological polar surface area (TPSA) is 68.3 Å². The van der Waals surface area contributed by atoms with E-state index in [0.29, 0.717) is 0 Å². The van der Waals surface area contributed by atoms with Crippen molar-refractivity contribution in [1.29, 1.82) is 0 Å². The summed E-state index contributed by atoms with van der Waals surface area (Å²) in [5.41, 5.74) is 13.3. The van der Waals surface area contributed by atoms with Gasteiger partial charge in [-0.1, -0.05) is 48.5 Å². The van der Waals surface area contributed by atoms with E-state index in [9.17, 15) is 0 Å². The quantitative estimate of drug-likeness (QED) is 0.195. The molecular weight excluding hydrogens is 552 g/mol. The molecule has 0 spiro atoms. The maximum Gasteiger partial charge on any atom is 0.0964 e. The van der Waals surface area contributed by atoms with Gasteiger partial charge < -0.3 is 4.57 Å². The lowest BCUT2D eigenvalue weighted by atomic mass is 9.92. The van der Waals surface area contributed by atoms with Crippen molar-refractivity contribution in [3.8, 4) is 5.69 Å². The first-order valence-electron chi connectivity index (χ1n) is 15.4. The lowest BCUT2D eigenvalue weighted by Crippen LogP contribution is -2.18. The molecule has 0 N–H and O–H groups in total. The number of para-hydroxylation sites is 1. The number of allylic oxidation sites excluding steroid dienone is 2. The van der Waals surface area contributed by atoms with Crippen LogP contribution in [0.25, 0.3) is 60.6 Å². The maximum absolute atomic E-state index is 4.93. The van der Waals surface area contributed by atoms with E-state index < -0.39 is 0 Å². The van der Waals surface area contributed by atoms with Crippen LogP contribution < -0.4 is 0 Å². The zero-order chi connectivity index (χ0) is 29.7. The van der Waals surface area contributed by atoms with Crippen LogP contribution in [0, 0.1) is 0 Å². The van der Waals surface area contributed by atoms with Crippen LogP contribution in [0.3, 0.4) is 0 Å². The number of nitrogens with zero attached hydrogens (tertiary/aromatic N) is 6. The fourth-order valence-corrected chi connectivity index (χ4v) is 6.77. The molecule has 3 aromatic carbocycles. The van der Waals surface area contributed by atoms with Crippen molar-refractivity contribution in [2.75, 3.05) is 0 Å². The molecule has 0 radical (unpaired) electrons. The van der Waals surface area contributed by atoms with Crippen molar-refractivity contribution in [2.45, 2.75) is 25.7 Å². The second-order valence-electron chi connectivity index (χ2n) is 11.7. The van der Waals surface area contributed by atoms with Crippen molar-refractivity contribution >= 4 is 66.3 Å². The second-order valence-corrected chi connectivity index (χ2v) is 11.7. The molecule has 0 amide bonds. The van der Waals surface area contributed by atoms with E-state index in [1.807, 2.05) is 43.1 Å². The largest absolute Gasteiger partial charge is 0.308 e. The molecule has 7 aromatic rings. The molecule has 0 saturated heterocycles. The number of rotatable bonds is 4. The highest BCUT2D eigenvalue weighted by molar-refractivity contribution is 6.43. The number of hydrogen-bond acceptors (Lipinski definition) is 5. The van der Waals surface area contributed by atoms with Gasteiger partial charge in [0.05, 0.1) is 39.0 Å². The molecule has 6 heteroatoms. The van der Waals surface area contributed by atoms with E-state index in [-0.39, 0.29) is 0 Å². The Kier molecular flexibility index (Phi) is 5.98. The summed E-state index contributed by atoms with van der Waals surface area (Å²) in [6.45, 7) is 0. The number of benzene rings is 3. The van der Waals surface area contributed by atoms with Crippen LogP contribution in [0.1, 0.15) is 36.8 Å². The van der Waals surface area contributed by atoms with Crippen molar-refractivity contribution in [3.05, 3.63) is 133 Å². The molecule has 0 bridgehead atoms. The van der Waals surface area contributed by atoms with Crippen molar-refractivity contribution in [1.82, 2.24) is 19.5 Å². The Balaban J connectivity index is 0.996. The summed E-state index contributed by atoms with van der Waals surface area (Å²) in [7, 11) is 0. The number of aromatic nitrogens is 4. The molecule has 2 aliphatic rings. The van der Waals surface area contributed by atoms with Crippen molar-refractivity contribution in [2.24, 2.45) is 9.98 Å². The molecule has 6 heterocycles. The average Bonchev–Trinajstić information content (AvgIpc) is 3.46. The Morgan fingerprint density at radius 3 is 2.04 bits per heavy atom. The third kappa shape index (κ3) is 4.37. The van der Waals surface area contributed by atoms with Gasteiger partial charge in [0.2, 0.25) is 0 Å². The first-order chi connectivity index (χ1) is 22.3. The third-order valence-electron chi connectivity index (χ3n) is 9.04. The van der Waals surface area contributed by atoms with Gasteiger partial charge in [-0.15, -0.1) is 0 Å². The normalized spacial score (nSPS) is 15.3. The van der Waals surface area contributed by atoms with Crippen LogP contribution in [-0.4, -0.2) is 30.9 Å². The SMILES string of the molecule is C1=C(c2cccc(-n3c4ccccc4c4ncccc43)c2)CCC(C2=NC=C(c3cnc4c(ccc5cccnc54)c3)CC2)=N1. The molecular formula is C39H28N6. The highest BCUT2D eigenvalue weighted by atomic mass is 15.0. The monoisotopic (exact) mass is 580 g/mol. The van der Waals surface area contributed by atoms with Gasteiger partial charge in [-0.3, -0.25) is 24.9 Å². The van der Waals surface area contributed by atoms with E-state index in [1.165, 1.54) is 16.7 Å². The molecule has 9 rings (SSSR count). The van der Waals surface area contributed by atoms with Crippen LogP contribution in [0.15, 0.2) is 132 Å². The van der Waals surface area contributed by atoms with E-state index in [4.69, 9.17) is 20.0 Å². The maximum atomic E-state index is 4.93. The molecule has 214 valence electrons. The van der Waals surface area contributed by atoms with Gasteiger partial charge in [0.1, 0.15) is 0 Å². The first-order valence-corrected chi connectivity index (χ1v) is 15.4. The molecule has 4 aromatic heterocycles. The van der Waals surface area contributed by atoms with Gasteiger partial charge >= 0.3 is 0 Å². The minimum atomic E-state index is 0.877. The fraction of sp³-hybridized carbons (Fsp3) is 0.103. The summed E-state index contributed by atoms with van der Waals surface area (Å²) in [5.74, 6) is 0. The van der Waals surface area contributed by atoms with Gasteiger partial charge in [-0.25, -0.2) is 0 Å². The molecule has 0 aliphatic carbocycles. The van der Waals surface area contributed by atoms with Gasteiger partial charge in [-0.2, -0.15) is 0 Å². The minimum absolute atomic E-state index is 0.877. The number of aliphatic imine (C=N–C) groups is 2. The smallest absolute Gasteiger partial charge is 0.0964 e. The number of pyridine rings is 3. The Hall–Kier alpha value is -5.75. The van der Waals surface area contributed by atoms with Crippen LogP contribution in [-0.2, 0) is 0 Å². The van der Waals surface area contributed by atoms with Crippen molar-refractivity contribution < 1.29 is 0 Å². The van der Waals surface area contributed by atoms with E-state index in [0.717, 1.165) is 92.1 Å². The summed E-state index contributed by atoms with van der Waals surface area (Å²) < 4.78 is 2.31. The molecule has 0 atom stereocenters. The Bertz CT molecular complexity index is 2390. The number of fused-ring (bicyclic) bond motifs is 6. The predicted molar refractivity (Wildman–Crippen MR) is 185 cm³/mol. The standard InChI is InChI=1S/C39H28N6/c1-2-10-35-32(9-1)39-36(11-5-19-41-39)45(35)31-8-3-6-26(21-31)28-14-16-33(42-22-28)34-17-15-29(23-43-34)30-20-27-13-12-25-7-4-18-40-37(25)38(27)44-24-30/h1-13,18-24H,14-17H2. The summed E-state index contributed by atoms with van der Waals surface area (Å²) >= 11 is 0. The summed E-state index contributed by atoms with van der Waals surface area (Å²) in [6, 6.07) is 31.9. The highest BCUT2D eigenvalue weighted by Gasteiger charge is 2.19. The van der Waals surface area contributed by atoms with E-state index >= 15 is 0 Å². The molecule has 6 nitrogen and oxygen atoms in total. The summed E-state index contributed by atoms with van der Waals surface area (Å²) in [4.78, 5) is 23.9. The van der Waals surface area contributed by atoms with Crippen LogP contribution >= 0.6 is 0 Å². The van der Waals surface area contributed by atoms with Gasteiger partial charge in [0.25, 0.3) is 0 Å². The number of hydrogen-bond donors (Lipinski definition) is 0. The fourth-order valence-electron chi connectivity index (χ4n) is 6.77. The van der Waals surface area contributed by atoms with Crippen LogP contribution in [0.5, 0.6) is 0 Å². The molecule has 45 heavy (non-hydrogen) atoms. The van der Waals surface area contributed by atoms with E-state index in [2.05, 4.69) is 88.4 Å². The Morgan fingerprint density at radius 2 is 1.22 bits per heavy atom.